The van der Waals surface area contributed by atoms with Crippen molar-refractivity contribution in [3.05, 3.63) is 46.7 Å². The normalized spacial score (nSPS) is 24.4. The molecule has 132 valence electrons. The van der Waals surface area contributed by atoms with Gasteiger partial charge in [0.2, 0.25) is 5.91 Å². The lowest BCUT2D eigenvalue weighted by Gasteiger charge is -2.27. The Morgan fingerprint density at radius 1 is 1.20 bits per heavy atom. The molecule has 2 aliphatic carbocycles. The maximum atomic E-state index is 13.2. The number of fused-ring (bicyclic) bond motifs is 2. The summed E-state index contributed by atoms with van der Waals surface area (Å²) in [5.74, 6) is 3.34. The number of thiophene rings is 1. The SMILES string of the molecule is COc1ccc(N(Cc2cccs2)C(=O)CC2CC3CCC2C3)cc1. The van der Waals surface area contributed by atoms with Crippen molar-refractivity contribution >= 4 is 22.9 Å². The third-order valence-corrected chi connectivity index (χ3v) is 6.76. The van der Waals surface area contributed by atoms with Gasteiger partial charge in [-0.25, -0.2) is 0 Å². The highest BCUT2D eigenvalue weighted by atomic mass is 32.1. The number of carbonyl (C=O) groups excluding carboxylic acids is 1. The van der Waals surface area contributed by atoms with E-state index < -0.39 is 0 Å². The van der Waals surface area contributed by atoms with Gasteiger partial charge < -0.3 is 9.64 Å². The minimum Gasteiger partial charge on any atom is -0.497 e. The first-order valence-electron chi connectivity index (χ1n) is 9.19. The van der Waals surface area contributed by atoms with Crippen molar-refractivity contribution in [3.8, 4) is 5.75 Å². The zero-order chi connectivity index (χ0) is 17.2. The van der Waals surface area contributed by atoms with Gasteiger partial charge in [0, 0.05) is 17.0 Å². The second-order valence-corrected chi connectivity index (χ2v) is 8.43. The fourth-order valence-corrected chi connectivity index (χ4v) is 5.30. The summed E-state index contributed by atoms with van der Waals surface area (Å²) in [5, 5.41) is 2.07. The fourth-order valence-electron chi connectivity index (χ4n) is 4.60. The fraction of sp³-hybridized carbons (Fsp3) is 0.476. The van der Waals surface area contributed by atoms with E-state index in [4.69, 9.17) is 4.74 Å². The first kappa shape index (κ1) is 16.6. The van der Waals surface area contributed by atoms with Crippen LogP contribution in [0.5, 0.6) is 5.75 Å². The molecule has 2 aliphatic rings. The smallest absolute Gasteiger partial charge is 0.227 e. The predicted molar refractivity (Wildman–Crippen MR) is 102 cm³/mol. The Morgan fingerprint density at radius 3 is 2.64 bits per heavy atom. The van der Waals surface area contributed by atoms with Crippen molar-refractivity contribution in [2.75, 3.05) is 12.0 Å². The number of benzene rings is 1. The second-order valence-electron chi connectivity index (χ2n) is 7.40. The molecule has 2 saturated carbocycles. The molecular weight excluding hydrogens is 330 g/mol. The third-order valence-electron chi connectivity index (χ3n) is 5.90. The van der Waals surface area contributed by atoms with Crippen LogP contribution < -0.4 is 9.64 Å². The Morgan fingerprint density at radius 2 is 2.04 bits per heavy atom. The lowest BCUT2D eigenvalue weighted by molar-refractivity contribution is -0.120. The number of amides is 1. The van der Waals surface area contributed by atoms with E-state index >= 15 is 0 Å². The Balaban J connectivity index is 1.52. The van der Waals surface area contributed by atoms with Crippen LogP contribution in [0.15, 0.2) is 41.8 Å². The summed E-state index contributed by atoms with van der Waals surface area (Å²) in [6.07, 6.45) is 6.01. The molecule has 0 saturated heterocycles. The van der Waals surface area contributed by atoms with Crippen molar-refractivity contribution in [3.63, 3.8) is 0 Å². The molecule has 3 unspecified atom stereocenters. The molecule has 1 aromatic heterocycles. The topological polar surface area (TPSA) is 29.5 Å². The number of methoxy groups -OCH3 is 1. The van der Waals surface area contributed by atoms with Gasteiger partial charge in [-0.2, -0.15) is 0 Å². The van der Waals surface area contributed by atoms with Gasteiger partial charge >= 0.3 is 0 Å². The molecule has 1 aromatic carbocycles. The van der Waals surface area contributed by atoms with E-state index in [9.17, 15) is 4.79 Å². The average molecular weight is 356 g/mol. The molecule has 2 fully saturated rings. The van der Waals surface area contributed by atoms with E-state index in [-0.39, 0.29) is 5.91 Å². The van der Waals surface area contributed by atoms with Gasteiger partial charge in [-0.1, -0.05) is 12.5 Å². The summed E-state index contributed by atoms with van der Waals surface area (Å²) in [4.78, 5) is 16.3. The number of hydrogen-bond acceptors (Lipinski definition) is 3. The van der Waals surface area contributed by atoms with E-state index in [0.29, 0.717) is 18.9 Å². The Hall–Kier alpha value is -1.81. The zero-order valence-corrected chi connectivity index (χ0v) is 15.5. The summed E-state index contributed by atoms with van der Waals surface area (Å²) in [7, 11) is 1.67. The summed E-state index contributed by atoms with van der Waals surface area (Å²) in [6.45, 7) is 0.656. The molecule has 1 heterocycles. The minimum absolute atomic E-state index is 0.260. The van der Waals surface area contributed by atoms with Gasteiger partial charge in [0.25, 0.3) is 0 Å². The molecule has 25 heavy (non-hydrogen) atoms. The second kappa shape index (κ2) is 7.20. The van der Waals surface area contributed by atoms with Crippen molar-refractivity contribution in [2.45, 2.75) is 38.6 Å². The quantitative estimate of drug-likeness (QED) is 0.720. The lowest BCUT2D eigenvalue weighted by atomic mass is 9.86. The van der Waals surface area contributed by atoms with Gasteiger partial charge in [0.15, 0.2) is 0 Å². The van der Waals surface area contributed by atoms with Crippen LogP contribution >= 0.6 is 11.3 Å². The maximum absolute atomic E-state index is 13.2. The summed E-state index contributed by atoms with van der Waals surface area (Å²) >= 11 is 1.71. The molecule has 2 bridgehead atoms. The third kappa shape index (κ3) is 3.59. The molecule has 1 amide bonds. The lowest BCUT2D eigenvalue weighted by Crippen LogP contribution is -2.32. The minimum atomic E-state index is 0.260. The van der Waals surface area contributed by atoms with E-state index in [2.05, 4.69) is 11.4 Å². The highest BCUT2D eigenvalue weighted by molar-refractivity contribution is 7.09. The summed E-state index contributed by atoms with van der Waals surface area (Å²) in [6, 6.07) is 12.0. The van der Waals surface area contributed by atoms with Crippen LogP contribution in [0.1, 0.15) is 37.0 Å². The predicted octanol–water partition coefficient (Wildman–Crippen LogP) is 5.12. The first-order chi connectivity index (χ1) is 12.2. The van der Waals surface area contributed by atoms with Crippen LogP contribution in [-0.4, -0.2) is 13.0 Å². The van der Waals surface area contributed by atoms with Crippen molar-refractivity contribution < 1.29 is 9.53 Å². The van der Waals surface area contributed by atoms with E-state index in [1.54, 1.807) is 18.4 Å². The van der Waals surface area contributed by atoms with Crippen LogP contribution in [0.3, 0.4) is 0 Å². The largest absolute Gasteiger partial charge is 0.497 e. The average Bonchev–Trinajstić information content (AvgIpc) is 3.38. The molecule has 3 atom stereocenters. The summed E-state index contributed by atoms with van der Waals surface area (Å²) < 4.78 is 5.25. The van der Waals surface area contributed by atoms with Gasteiger partial charge in [-0.05, 0) is 72.7 Å². The van der Waals surface area contributed by atoms with E-state index in [0.717, 1.165) is 23.3 Å². The van der Waals surface area contributed by atoms with Gasteiger partial charge in [0.1, 0.15) is 5.75 Å². The molecule has 2 aromatic rings. The van der Waals surface area contributed by atoms with E-state index in [1.165, 1.54) is 30.6 Å². The maximum Gasteiger partial charge on any atom is 0.227 e. The van der Waals surface area contributed by atoms with Crippen LogP contribution in [0.2, 0.25) is 0 Å². The molecule has 0 N–H and O–H groups in total. The zero-order valence-electron chi connectivity index (χ0n) is 14.7. The van der Waals surface area contributed by atoms with Crippen LogP contribution in [0, 0.1) is 17.8 Å². The Bertz CT molecular complexity index is 710. The number of carbonyl (C=O) groups is 1. The highest BCUT2D eigenvalue weighted by Crippen LogP contribution is 2.49. The van der Waals surface area contributed by atoms with Crippen molar-refractivity contribution in [2.24, 2.45) is 17.8 Å². The monoisotopic (exact) mass is 355 g/mol. The van der Waals surface area contributed by atoms with Gasteiger partial charge in [-0.15, -0.1) is 11.3 Å². The Kier molecular flexibility index (Phi) is 4.80. The molecule has 4 heteroatoms. The number of rotatable bonds is 6. The number of hydrogen-bond donors (Lipinski definition) is 0. The van der Waals surface area contributed by atoms with Crippen molar-refractivity contribution in [1.82, 2.24) is 0 Å². The molecule has 0 radical (unpaired) electrons. The molecule has 4 rings (SSSR count). The molecule has 3 nitrogen and oxygen atoms in total. The number of anilines is 1. The molecule has 0 spiro atoms. The number of nitrogens with zero attached hydrogens (tertiary/aromatic N) is 1. The van der Waals surface area contributed by atoms with E-state index in [1.807, 2.05) is 35.2 Å². The molecule has 0 aliphatic heterocycles. The van der Waals surface area contributed by atoms with Crippen LogP contribution in [0.4, 0.5) is 5.69 Å². The highest BCUT2D eigenvalue weighted by Gasteiger charge is 2.40. The summed E-state index contributed by atoms with van der Waals surface area (Å²) in [5.41, 5.74) is 0.961. The van der Waals surface area contributed by atoms with Crippen LogP contribution in [-0.2, 0) is 11.3 Å². The van der Waals surface area contributed by atoms with Gasteiger partial charge in [-0.3, -0.25) is 4.79 Å². The van der Waals surface area contributed by atoms with Gasteiger partial charge in [0.05, 0.1) is 13.7 Å². The molecular formula is C21H25NO2S. The standard InChI is InChI=1S/C21H25NO2S/c1-24-19-8-6-18(7-9-19)22(14-20-3-2-10-25-20)21(23)13-17-12-15-4-5-16(17)11-15/h2-3,6-10,15-17H,4-5,11-14H2,1H3. The van der Waals surface area contributed by atoms with Crippen LogP contribution in [0.25, 0.3) is 0 Å². The Labute approximate surface area is 153 Å². The van der Waals surface area contributed by atoms with Crippen molar-refractivity contribution in [1.29, 1.82) is 0 Å². The first-order valence-corrected chi connectivity index (χ1v) is 10.1. The number of ether oxygens (including phenoxy) is 1.